The summed E-state index contributed by atoms with van der Waals surface area (Å²) in [6.07, 6.45) is 0.188. The molecular weight excluding hydrogens is 316 g/mol. The molecule has 0 atom stereocenters. The van der Waals surface area contributed by atoms with Crippen molar-refractivity contribution in [2.24, 2.45) is 0 Å². The number of rotatable bonds is 4. The third kappa shape index (κ3) is 3.66. The van der Waals surface area contributed by atoms with Gasteiger partial charge in [0.25, 0.3) is 5.56 Å². The maximum Gasteiger partial charge on any atom is 0.262 e. The molecule has 0 bridgehead atoms. The third-order valence-corrected chi connectivity index (χ3v) is 4.07. The Bertz CT molecular complexity index is 823. The molecule has 0 aliphatic carbocycles. The third-order valence-electron chi connectivity index (χ3n) is 3.75. The van der Waals surface area contributed by atoms with Crippen LogP contribution in [0, 0.1) is 4.77 Å². The van der Waals surface area contributed by atoms with E-state index < -0.39 is 0 Å². The number of carbonyl (C=O) groups is 1. The molecule has 2 heterocycles. The zero-order valence-electron chi connectivity index (χ0n) is 12.6. The van der Waals surface area contributed by atoms with Crippen molar-refractivity contribution in [1.29, 1.82) is 0 Å². The highest BCUT2D eigenvalue weighted by Crippen LogP contribution is 2.06. The zero-order valence-corrected chi connectivity index (χ0v) is 13.4. The van der Waals surface area contributed by atoms with E-state index in [4.69, 9.17) is 17.0 Å². The first-order chi connectivity index (χ1) is 11.1. The van der Waals surface area contributed by atoms with Gasteiger partial charge in [-0.25, -0.2) is 5.01 Å². The molecule has 3 rings (SSSR count). The first-order valence-corrected chi connectivity index (χ1v) is 7.90. The number of ether oxygens (including phenoxy) is 1. The second kappa shape index (κ2) is 7.03. The first-order valence-electron chi connectivity index (χ1n) is 7.49. The molecule has 1 aliphatic heterocycles. The summed E-state index contributed by atoms with van der Waals surface area (Å²) < 4.78 is 6.98. The lowest BCUT2D eigenvalue weighted by molar-refractivity contribution is -0.128. The largest absolute Gasteiger partial charge is 0.379 e. The number of benzene rings is 1. The van der Waals surface area contributed by atoms with Gasteiger partial charge >= 0.3 is 0 Å². The molecule has 8 heteroatoms. The number of hydrogen-bond donors (Lipinski definition) is 2. The van der Waals surface area contributed by atoms with Gasteiger partial charge in [0, 0.05) is 26.1 Å². The minimum atomic E-state index is -0.177. The van der Waals surface area contributed by atoms with Gasteiger partial charge < -0.3 is 9.72 Å². The number of nitrogens with one attached hydrogen (secondary N) is 2. The van der Waals surface area contributed by atoms with E-state index in [9.17, 15) is 9.59 Å². The van der Waals surface area contributed by atoms with Crippen LogP contribution in [-0.2, 0) is 16.1 Å². The Kier molecular flexibility index (Phi) is 4.85. The van der Waals surface area contributed by atoms with Crippen LogP contribution in [0.15, 0.2) is 29.1 Å². The Hall–Kier alpha value is -2.03. The highest BCUT2D eigenvalue weighted by molar-refractivity contribution is 7.71. The summed E-state index contributed by atoms with van der Waals surface area (Å²) in [6.45, 7) is 2.80. The maximum absolute atomic E-state index is 12.5. The highest BCUT2D eigenvalue weighted by Gasteiger charge is 2.13. The van der Waals surface area contributed by atoms with E-state index >= 15 is 0 Å². The van der Waals surface area contributed by atoms with Gasteiger partial charge in [-0.15, -0.1) is 0 Å². The van der Waals surface area contributed by atoms with Gasteiger partial charge in [0.15, 0.2) is 4.77 Å². The molecule has 0 radical (unpaired) electrons. The van der Waals surface area contributed by atoms with Crippen molar-refractivity contribution >= 4 is 29.0 Å². The summed E-state index contributed by atoms with van der Waals surface area (Å²) in [4.78, 5) is 27.5. The lowest BCUT2D eigenvalue weighted by Gasteiger charge is -2.26. The van der Waals surface area contributed by atoms with Gasteiger partial charge in [-0.05, 0) is 24.4 Å². The van der Waals surface area contributed by atoms with Crippen LogP contribution in [0.5, 0.6) is 0 Å². The zero-order chi connectivity index (χ0) is 16.2. The molecule has 2 aromatic rings. The first kappa shape index (κ1) is 15.9. The van der Waals surface area contributed by atoms with Crippen molar-refractivity contribution in [2.45, 2.75) is 13.0 Å². The lowest BCUT2D eigenvalue weighted by atomic mass is 10.2. The summed E-state index contributed by atoms with van der Waals surface area (Å²) in [5.41, 5.74) is 3.35. The van der Waals surface area contributed by atoms with Crippen molar-refractivity contribution in [3.8, 4) is 0 Å². The van der Waals surface area contributed by atoms with Gasteiger partial charge in [-0.2, -0.15) is 0 Å². The molecule has 1 fully saturated rings. The number of amides is 1. The number of nitrogens with zero attached hydrogens (tertiary/aromatic N) is 2. The Morgan fingerprint density at radius 2 is 2.04 bits per heavy atom. The Morgan fingerprint density at radius 1 is 1.30 bits per heavy atom. The second-order valence-corrected chi connectivity index (χ2v) is 5.70. The normalized spacial score (nSPS) is 15.7. The molecule has 2 N–H and O–H groups in total. The molecule has 1 saturated heterocycles. The van der Waals surface area contributed by atoms with E-state index in [2.05, 4.69) is 10.4 Å². The summed E-state index contributed by atoms with van der Waals surface area (Å²) >= 11 is 5.23. The van der Waals surface area contributed by atoms with Crippen molar-refractivity contribution < 1.29 is 9.53 Å². The van der Waals surface area contributed by atoms with Crippen LogP contribution in [0.1, 0.15) is 6.42 Å². The van der Waals surface area contributed by atoms with E-state index in [0.717, 1.165) is 0 Å². The molecule has 0 saturated carbocycles. The summed E-state index contributed by atoms with van der Waals surface area (Å²) in [7, 11) is 0. The molecule has 1 aromatic carbocycles. The number of hydrazine groups is 1. The molecular formula is C15H18N4O3S. The SMILES string of the molecule is O=C(CCn1c(=S)[nH]c2ccccc2c1=O)NN1CCOCC1. The summed E-state index contributed by atoms with van der Waals surface area (Å²) in [6, 6.07) is 7.19. The van der Waals surface area contributed by atoms with Crippen LogP contribution < -0.4 is 11.0 Å². The van der Waals surface area contributed by atoms with Crippen LogP contribution in [0.4, 0.5) is 0 Å². The van der Waals surface area contributed by atoms with E-state index in [1.165, 1.54) is 4.57 Å². The average Bonchev–Trinajstić information content (AvgIpc) is 2.55. The van der Waals surface area contributed by atoms with Crippen molar-refractivity contribution in [2.75, 3.05) is 26.3 Å². The fourth-order valence-electron chi connectivity index (χ4n) is 2.52. The quantitative estimate of drug-likeness (QED) is 0.809. The van der Waals surface area contributed by atoms with Gasteiger partial charge in [0.1, 0.15) is 0 Å². The van der Waals surface area contributed by atoms with E-state index in [1.54, 1.807) is 12.1 Å². The molecule has 1 aliphatic rings. The molecule has 1 amide bonds. The number of aromatic nitrogens is 2. The molecule has 7 nitrogen and oxygen atoms in total. The molecule has 122 valence electrons. The smallest absolute Gasteiger partial charge is 0.262 e. The predicted molar refractivity (Wildman–Crippen MR) is 88.5 cm³/mol. The van der Waals surface area contributed by atoms with E-state index in [-0.39, 0.29) is 24.4 Å². The summed E-state index contributed by atoms with van der Waals surface area (Å²) in [5, 5.41) is 2.39. The highest BCUT2D eigenvalue weighted by atomic mass is 32.1. The van der Waals surface area contributed by atoms with Crippen LogP contribution in [-0.4, -0.2) is 46.8 Å². The minimum Gasteiger partial charge on any atom is -0.379 e. The van der Waals surface area contributed by atoms with Gasteiger partial charge in [-0.3, -0.25) is 19.6 Å². The average molecular weight is 334 g/mol. The predicted octanol–water partition coefficient (Wildman–Crippen LogP) is 0.813. The van der Waals surface area contributed by atoms with E-state index in [1.807, 2.05) is 17.1 Å². The summed E-state index contributed by atoms with van der Waals surface area (Å²) in [5.74, 6) is -0.138. The Balaban J connectivity index is 1.70. The van der Waals surface area contributed by atoms with Gasteiger partial charge in [-0.1, -0.05) is 12.1 Å². The van der Waals surface area contributed by atoms with Crippen LogP contribution in [0.3, 0.4) is 0 Å². The second-order valence-electron chi connectivity index (χ2n) is 5.32. The van der Waals surface area contributed by atoms with Crippen LogP contribution >= 0.6 is 12.2 Å². The fraction of sp³-hybridized carbons (Fsp3) is 0.400. The number of morpholine rings is 1. The van der Waals surface area contributed by atoms with Crippen molar-refractivity contribution in [3.05, 3.63) is 39.4 Å². The van der Waals surface area contributed by atoms with E-state index in [0.29, 0.717) is 42.0 Å². The number of carbonyl (C=O) groups excluding carboxylic acids is 1. The topological polar surface area (TPSA) is 79.4 Å². The monoisotopic (exact) mass is 334 g/mol. The minimum absolute atomic E-state index is 0.138. The molecule has 23 heavy (non-hydrogen) atoms. The Morgan fingerprint density at radius 3 is 2.83 bits per heavy atom. The number of para-hydroxylation sites is 1. The molecule has 0 unspecified atom stereocenters. The number of H-pyrrole nitrogens is 1. The van der Waals surface area contributed by atoms with Gasteiger partial charge in [0.2, 0.25) is 5.91 Å². The van der Waals surface area contributed by atoms with Gasteiger partial charge in [0.05, 0.1) is 24.1 Å². The van der Waals surface area contributed by atoms with Crippen molar-refractivity contribution in [1.82, 2.24) is 20.0 Å². The lowest BCUT2D eigenvalue weighted by Crippen LogP contribution is -2.48. The number of fused-ring (bicyclic) bond motifs is 1. The van der Waals surface area contributed by atoms with Crippen LogP contribution in [0.2, 0.25) is 0 Å². The fourth-order valence-corrected chi connectivity index (χ4v) is 2.81. The maximum atomic E-state index is 12.5. The van der Waals surface area contributed by atoms with Crippen molar-refractivity contribution in [3.63, 3.8) is 0 Å². The number of aromatic amines is 1. The number of hydrogen-bond acceptors (Lipinski definition) is 5. The molecule has 1 aromatic heterocycles. The standard InChI is InChI=1S/C15H18N4O3S/c20-13(17-18-7-9-22-10-8-18)5-6-19-14(21)11-3-1-2-4-12(11)16-15(19)23/h1-4H,5-10H2,(H,16,23)(H,17,20). The Labute approximate surface area is 137 Å². The van der Waals surface area contributed by atoms with Crippen LogP contribution in [0.25, 0.3) is 10.9 Å². The molecule has 0 spiro atoms.